The Morgan fingerprint density at radius 2 is 2.47 bits per heavy atom. The Hall–Kier alpha value is -1.21. The van der Waals surface area contributed by atoms with Gasteiger partial charge in [0, 0.05) is 11.5 Å². The van der Waals surface area contributed by atoms with Gasteiger partial charge in [-0.15, -0.1) is 0 Å². The lowest BCUT2D eigenvalue weighted by Gasteiger charge is -2.34. The minimum Gasteiger partial charge on any atom is -0.489 e. The molecule has 0 aliphatic carbocycles. The van der Waals surface area contributed by atoms with Gasteiger partial charge in [-0.3, -0.25) is 0 Å². The van der Waals surface area contributed by atoms with Crippen LogP contribution in [0.4, 0.5) is 5.69 Å². The molecule has 0 saturated heterocycles. The van der Waals surface area contributed by atoms with E-state index < -0.39 is 0 Å². The number of halogens is 1. The highest BCUT2D eigenvalue weighted by atomic mass is 79.9. The van der Waals surface area contributed by atoms with Crippen molar-refractivity contribution in [2.24, 2.45) is 0 Å². The van der Waals surface area contributed by atoms with Gasteiger partial charge in [-0.05, 0) is 18.2 Å². The molecule has 0 amide bonds. The SMILES string of the molecule is CN1c2cc(Br)ccc2OCC1CC#N. The van der Waals surface area contributed by atoms with Crippen LogP contribution in [0.15, 0.2) is 22.7 Å². The number of rotatable bonds is 1. The van der Waals surface area contributed by atoms with E-state index in [-0.39, 0.29) is 6.04 Å². The van der Waals surface area contributed by atoms with Gasteiger partial charge < -0.3 is 9.64 Å². The van der Waals surface area contributed by atoms with E-state index in [0.717, 1.165) is 15.9 Å². The van der Waals surface area contributed by atoms with Crippen molar-refractivity contribution in [3.8, 4) is 11.8 Å². The quantitative estimate of drug-likeness (QED) is 0.784. The number of nitriles is 1. The zero-order valence-corrected chi connectivity index (χ0v) is 9.99. The van der Waals surface area contributed by atoms with Gasteiger partial charge in [0.05, 0.1) is 24.2 Å². The van der Waals surface area contributed by atoms with Crippen molar-refractivity contribution in [3.05, 3.63) is 22.7 Å². The fourth-order valence-electron chi connectivity index (χ4n) is 1.68. The van der Waals surface area contributed by atoms with Crippen molar-refractivity contribution in [1.29, 1.82) is 5.26 Å². The second-order valence-electron chi connectivity index (χ2n) is 3.55. The summed E-state index contributed by atoms with van der Waals surface area (Å²) in [6.45, 7) is 0.582. The topological polar surface area (TPSA) is 36.3 Å². The Bertz CT molecular complexity index is 414. The standard InChI is InChI=1S/C11H11BrN2O/c1-14-9(4-5-13)7-15-11-3-2-8(12)6-10(11)14/h2-3,6,9H,4,7H2,1H3. The molecule has 1 aromatic carbocycles. The maximum Gasteiger partial charge on any atom is 0.142 e. The third-order valence-electron chi connectivity index (χ3n) is 2.61. The number of benzene rings is 1. The molecule has 15 heavy (non-hydrogen) atoms. The summed E-state index contributed by atoms with van der Waals surface area (Å²) >= 11 is 3.43. The smallest absolute Gasteiger partial charge is 0.142 e. The second kappa shape index (κ2) is 4.11. The summed E-state index contributed by atoms with van der Waals surface area (Å²) in [7, 11) is 2.00. The molecule has 1 heterocycles. The predicted molar refractivity (Wildman–Crippen MR) is 62.1 cm³/mol. The second-order valence-corrected chi connectivity index (χ2v) is 4.47. The minimum absolute atomic E-state index is 0.150. The van der Waals surface area contributed by atoms with Gasteiger partial charge in [-0.25, -0.2) is 0 Å². The first-order valence-corrected chi connectivity index (χ1v) is 5.54. The Labute approximate surface area is 97.4 Å². The Kier molecular flexibility index (Phi) is 2.83. The van der Waals surface area contributed by atoms with E-state index in [4.69, 9.17) is 10.00 Å². The van der Waals surface area contributed by atoms with Gasteiger partial charge in [-0.1, -0.05) is 15.9 Å². The van der Waals surface area contributed by atoms with Crippen molar-refractivity contribution in [3.63, 3.8) is 0 Å². The lowest BCUT2D eigenvalue weighted by Crippen LogP contribution is -2.40. The van der Waals surface area contributed by atoms with E-state index in [1.54, 1.807) is 0 Å². The summed E-state index contributed by atoms with van der Waals surface area (Å²) in [6.07, 6.45) is 0.489. The lowest BCUT2D eigenvalue weighted by atomic mass is 10.1. The molecule has 2 rings (SSSR count). The molecule has 78 valence electrons. The molecule has 1 aliphatic rings. The fourth-order valence-corrected chi connectivity index (χ4v) is 2.03. The van der Waals surface area contributed by atoms with E-state index in [1.165, 1.54) is 0 Å². The molecule has 0 spiro atoms. The number of anilines is 1. The van der Waals surface area contributed by atoms with Crippen LogP contribution in [-0.4, -0.2) is 19.7 Å². The van der Waals surface area contributed by atoms with Crippen LogP contribution in [0.2, 0.25) is 0 Å². The first-order valence-electron chi connectivity index (χ1n) is 4.74. The summed E-state index contributed by atoms with van der Waals surface area (Å²) in [5.74, 6) is 0.884. The van der Waals surface area contributed by atoms with Crippen LogP contribution in [0, 0.1) is 11.3 Å². The zero-order chi connectivity index (χ0) is 10.8. The molecule has 0 saturated carbocycles. The molecule has 1 atom stereocenters. The summed E-state index contributed by atoms with van der Waals surface area (Å²) in [5, 5.41) is 8.70. The molecule has 0 bridgehead atoms. The molecule has 0 radical (unpaired) electrons. The van der Waals surface area contributed by atoms with Crippen LogP contribution in [0.1, 0.15) is 6.42 Å². The van der Waals surface area contributed by atoms with Gasteiger partial charge >= 0.3 is 0 Å². The molecule has 4 heteroatoms. The fraction of sp³-hybridized carbons (Fsp3) is 0.364. The highest BCUT2D eigenvalue weighted by Gasteiger charge is 2.24. The van der Waals surface area contributed by atoms with Crippen molar-refractivity contribution in [2.75, 3.05) is 18.6 Å². The Morgan fingerprint density at radius 3 is 3.20 bits per heavy atom. The first-order chi connectivity index (χ1) is 7.22. The largest absolute Gasteiger partial charge is 0.489 e. The van der Waals surface area contributed by atoms with Gasteiger partial charge in [0.2, 0.25) is 0 Å². The zero-order valence-electron chi connectivity index (χ0n) is 8.40. The third-order valence-corrected chi connectivity index (χ3v) is 3.10. The summed E-state index contributed by atoms with van der Waals surface area (Å²) in [4.78, 5) is 2.10. The first kappa shape index (κ1) is 10.3. The van der Waals surface area contributed by atoms with E-state index in [1.807, 2.05) is 25.2 Å². The summed E-state index contributed by atoms with van der Waals surface area (Å²) in [5.41, 5.74) is 1.04. The minimum atomic E-state index is 0.150. The van der Waals surface area contributed by atoms with Crippen molar-refractivity contribution < 1.29 is 4.74 Å². The number of hydrogen-bond acceptors (Lipinski definition) is 3. The van der Waals surface area contributed by atoms with E-state index in [9.17, 15) is 0 Å². The van der Waals surface area contributed by atoms with Crippen LogP contribution in [0.5, 0.6) is 5.75 Å². The van der Waals surface area contributed by atoms with Gasteiger partial charge in [0.25, 0.3) is 0 Å². The van der Waals surface area contributed by atoms with Crippen LogP contribution in [0.3, 0.4) is 0 Å². The van der Waals surface area contributed by atoms with Crippen molar-refractivity contribution in [1.82, 2.24) is 0 Å². The van der Waals surface area contributed by atoms with Gasteiger partial charge in [0.15, 0.2) is 0 Å². The van der Waals surface area contributed by atoms with Crippen molar-refractivity contribution >= 4 is 21.6 Å². The molecule has 1 aliphatic heterocycles. The Balaban J connectivity index is 2.32. The molecule has 0 N–H and O–H groups in total. The van der Waals surface area contributed by atoms with Crippen molar-refractivity contribution in [2.45, 2.75) is 12.5 Å². The molecule has 1 aromatic rings. The van der Waals surface area contributed by atoms with Crippen LogP contribution in [-0.2, 0) is 0 Å². The maximum absolute atomic E-state index is 8.70. The van der Waals surface area contributed by atoms with E-state index >= 15 is 0 Å². The Morgan fingerprint density at radius 1 is 1.67 bits per heavy atom. The van der Waals surface area contributed by atoms with Crippen LogP contribution < -0.4 is 9.64 Å². The molecule has 0 aromatic heterocycles. The highest BCUT2D eigenvalue weighted by Crippen LogP contribution is 2.35. The summed E-state index contributed by atoms with van der Waals surface area (Å²) in [6, 6.07) is 8.24. The van der Waals surface area contributed by atoms with Gasteiger partial charge in [0.1, 0.15) is 12.4 Å². The van der Waals surface area contributed by atoms with E-state index in [0.29, 0.717) is 13.0 Å². The number of nitrogens with zero attached hydrogens (tertiary/aromatic N) is 2. The molecule has 1 unspecified atom stereocenters. The van der Waals surface area contributed by atoms with Crippen LogP contribution >= 0.6 is 15.9 Å². The monoisotopic (exact) mass is 266 g/mol. The molecule has 0 fully saturated rings. The maximum atomic E-state index is 8.70. The predicted octanol–water partition coefficient (Wildman–Crippen LogP) is 2.56. The number of ether oxygens (including phenoxy) is 1. The average molecular weight is 267 g/mol. The average Bonchev–Trinajstić information content (AvgIpc) is 2.23. The molecular weight excluding hydrogens is 256 g/mol. The number of hydrogen-bond donors (Lipinski definition) is 0. The van der Waals surface area contributed by atoms with Crippen LogP contribution in [0.25, 0.3) is 0 Å². The summed E-state index contributed by atoms with van der Waals surface area (Å²) < 4.78 is 6.62. The van der Waals surface area contributed by atoms with Gasteiger partial charge in [-0.2, -0.15) is 5.26 Å². The number of likely N-dealkylation sites (N-methyl/N-ethyl adjacent to an activating group) is 1. The molecule has 3 nitrogen and oxygen atoms in total. The normalized spacial score (nSPS) is 19.0. The molecular formula is C11H11BrN2O. The highest BCUT2D eigenvalue weighted by molar-refractivity contribution is 9.10. The lowest BCUT2D eigenvalue weighted by molar-refractivity contribution is 0.268. The number of fused-ring (bicyclic) bond motifs is 1. The van der Waals surface area contributed by atoms with E-state index in [2.05, 4.69) is 26.9 Å². The third kappa shape index (κ3) is 1.93.